The number of Topliss-reactive ketones (excluding diaryl/α,β-unsaturated/α-hetero) is 1. The minimum Gasteiger partial charge on any atom is -0.472 e. The van der Waals surface area contributed by atoms with Gasteiger partial charge in [0.05, 0.1) is 16.0 Å². The van der Waals surface area contributed by atoms with Gasteiger partial charge in [-0.05, 0) is 17.7 Å². The van der Waals surface area contributed by atoms with Gasteiger partial charge in [-0.2, -0.15) is 4.98 Å². The molecule has 1 amide bonds. The topological polar surface area (TPSA) is 168 Å². The monoisotopic (exact) mass is 442 g/mol. The van der Waals surface area contributed by atoms with E-state index in [-0.39, 0.29) is 34.5 Å². The SMILES string of the molecule is NC(=O)c1sc2nc(N3CCC(=O)CC3)nc(OCc3ccc([N+](=O)[O-])cc3)c2c1N. The summed E-state index contributed by atoms with van der Waals surface area (Å²) >= 11 is 1.05. The number of nitro groups is 1. The molecule has 11 nitrogen and oxygen atoms in total. The molecule has 1 aliphatic heterocycles. The smallest absolute Gasteiger partial charge is 0.269 e. The Morgan fingerprint density at radius 1 is 1.23 bits per heavy atom. The average molecular weight is 442 g/mol. The molecule has 4 rings (SSSR count). The average Bonchev–Trinajstić information content (AvgIpc) is 3.09. The lowest BCUT2D eigenvalue weighted by Gasteiger charge is -2.26. The van der Waals surface area contributed by atoms with Crippen LogP contribution in [0.3, 0.4) is 0 Å². The number of carbonyl (C=O) groups is 2. The van der Waals surface area contributed by atoms with Crippen molar-refractivity contribution in [3.8, 4) is 5.88 Å². The van der Waals surface area contributed by atoms with Crippen molar-refractivity contribution >= 4 is 50.6 Å². The largest absolute Gasteiger partial charge is 0.472 e. The fourth-order valence-electron chi connectivity index (χ4n) is 3.23. The van der Waals surface area contributed by atoms with Gasteiger partial charge in [0.25, 0.3) is 11.6 Å². The van der Waals surface area contributed by atoms with E-state index in [1.807, 2.05) is 4.90 Å². The Labute approximate surface area is 179 Å². The lowest BCUT2D eigenvalue weighted by atomic mass is 10.1. The Balaban J connectivity index is 1.69. The van der Waals surface area contributed by atoms with Crippen molar-refractivity contribution in [2.45, 2.75) is 19.4 Å². The number of primary amides is 1. The van der Waals surface area contributed by atoms with Crippen molar-refractivity contribution in [3.05, 3.63) is 44.8 Å². The molecule has 1 aliphatic rings. The third-order valence-corrected chi connectivity index (χ3v) is 6.01. The van der Waals surface area contributed by atoms with E-state index < -0.39 is 10.8 Å². The Kier molecular flexibility index (Phi) is 5.38. The summed E-state index contributed by atoms with van der Waals surface area (Å²) in [7, 11) is 0. The van der Waals surface area contributed by atoms with Crippen LogP contribution in [0.1, 0.15) is 28.1 Å². The lowest BCUT2D eigenvalue weighted by Crippen LogP contribution is -2.35. The van der Waals surface area contributed by atoms with Gasteiger partial charge in [0.1, 0.15) is 22.1 Å². The molecule has 0 atom stereocenters. The number of amides is 1. The number of rotatable bonds is 6. The van der Waals surface area contributed by atoms with E-state index in [9.17, 15) is 19.7 Å². The van der Waals surface area contributed by atoms with Crippen molar-refractivity contribution in [1.82, 2.24) is 9.97 Å². The fraction of sp³-hybridized carbons (Fsp3) is 0.263. The number of nitrogens with zero attached hydrogens (tertiary/aromatic N) is 4. The quantitative estimate of drug-likeness (QED) is 0.428. The number of ether oxygens (including phenoxy) is 1. The number of anilines is 2. The van der Waals surface area contributed by atoms with Gasteiger partial charge in [-0.15, -0.1) is 11.3 Å². The first-order valence-electron chi connectivity index (χ1n) is 9.36. The zero-order valence-corrected chi connectivity index (χ0v) is 17.1. The minimum absolute atomic E-state index is 0.0247. The summed E-state index contributed by atoms with van der Waals surface area (Å²) in [5, 5.41) is 11.2. The van der Waals surface area contributed by atoms with E-state index in [2.05, 4.69) is 9.97 Å². The predicted octanol–water partition coefficient (Wildman–Crippen LogP) is 2.03. The van der Waals surface area contributed by atoms with Crippen LogP contribution in [0.5, 0.6) is 5.88 Å². The molecule has 12 heteroatoms. The highest BCUT2D eigenvalue weighted by atomic mass is 32.1. The molecule has 0 radical (unpaired) electrons. The molecule has 2 aromatic heterocycles. The molecule has 31 heavy (non-hydrogen) atoms. The number of hydrogen-bond donors (Lipinski definition) is 2. The number of fused-ring (bicyclic) bond motifs is 1. The summed E-state index contributed by atoms with van der Waals surface area (Å²) in [6.45, 7) is 1.04. The van der Waals surface area contributed by atoms with Gasteiger partial charge in [-0.25, -0.2) is 4.98 Å². The van der Waals surface area contributed by atoms with Gasteiger partial charge in [-0.1, -0.05) is 0 Å². The highest BCUT2D eigenvalue weighted by Gasteiger charge is 2.25. The van der Waals surface area contributed by atoms with Gasteiger partial charge < -0.3 is 21.1 Å². The molecule has 0 spiro atoms. The normalized spacial score (nSPS) is 14.1. The van der Waals surface area contributed by atoms with Crippen LogP contribution < -0.4 is 21.1 Å². The van der Waals surface area contributed by atoms with Crippen molar-refractivity contribution < 1.29 is 19.2 Å². The van der Waals surface area contributed by atoms with Crippen molar-refractivity contribution in [2.75, 3.05) is 23.7 Å². The Morgan fingerprint density at radius 3 is 2.52 bits per heavy atom. The third kappa shape index (κ3) is 4.10. The van der Waals surface area contributed by atoms with Gasteiger partial charge in [0.2, 0.25) is 11.8 Å². The van der Waals surface area contributed by atoms with Crippen LogP contribution in [-0.2, 0) is 11.4 Å². The van der Waals surface area contributed by atoms with Crippen molar-refractivity contribution in [1.29, 1.82) is 0 Å². The second-order valence-corrected chi connectivity index (χ2v) is 7.96. The molecule has 0 bridgehead atoms. The maximum Gasteiger partial charge on any atom is 0.269 e. The number of piperidine rings is 1. The van der Waals surface area contributed by atoms with Crippen LogP contribution in [0.4, 0.5) is 17.3 Å². The summed E-state index contributed by atoms with van der Waals surface area (Å²) in [6.07, 6.45) is 0.805. The first kappa shape index (κ1) is 20.5. The Hall–Kier alpha value is -3.80. The maximum atomic E-state index is 11.8. The molecule has 3 aromatic rings. The number of hydrogen-bond acceptors (Lipinski definition) is 10. The zero-order valence-electron chi connectivity index (χ0n) is 16.2. The predicted molar refractivity (Wildman–Crippen MR) is 114 cm³/mol. The molecule has 3 heterocycles. The minimum atomic E-state index is -0.674. The standard InChI is InChI=1S/C19H18N6O5S/c20-14-13-17(30-9-10-1-3-11(4-2-10)25(28)29)22-19(24-7-5-12(26)6-8-24)23-18(13)31-15(14)16(21)27/h1-4H,5-9,20H2,(H2,21,27). The number of nitrogens with two attached hydrogens (primary N) is 2. The zero-order chi connectivity index (χ0) is 22.1. The number of aromatic nitrogens is 2. The van der Waals surface area contributed by atoms with Gasteiger partial charge in [0, 0.05) is 38.1 Å². The van der Waals surface area contributed by atoms with Crippen LogP contribution in [0.25, 0.3) is 10.2 Å². The van der Waals surface area contributed by atoms with E-state index in [0.29, 0.717) is 47.7 Å². The summed E-state index contributed by atoms with van der Waals surface area (Å²) in [5.74, 6) is 0.0581. The number of nitro benzene ring substituents is 1. The molecule has 1 saturated heterocycles. The third-order valence-electron chi connectivity index (χ3n) is 4.89. The van der Waals surface area contributed by atoms with E-state index >= 15 is 0 Å². The first-order valence-corrected chi connectivity index (χ1v) is 10.2. The molecular weight excluding hydrogens is 424 g/mol. The van der Waals surface area contributed by atoms with Crippen LogP contribution in [0, 0.1) is 10.1 Å². The maximum absolute atomic E-state index is 11.8. The second kappa shape index (κ2) is 8.14. The molecule has 0 aliphatic carbocycles. The fourth-order valence-corrected chi connectivity index (χ4v) is 4.16. The Morgan fingerprint density at radius 2 is 1.90 bits per heavy atom. The van der Waals surface area contributed by atoms with Crippen LogP contribution in [0.15, 0.2) is 24.3 Å². The highest BCUT2D eigenvalue weighted by molar-refractivity contribution is 7.21. The summed E-state index contributed by atoms with van der Waals surface area (Å²) in [4.78, 5) is 45.2. The van der Waals surface area contributed by atoms with E-state index in [4.69, 9.17) is 16.2 Å². The van der Waals surface area contributed by atoms with Crippen LogP contribution >= 0.6 is 11.3 Å². The number of thiophene rings is 1. The number of benzene rings is 1. The molecule has 4 N–H and O–H groups in total. The number of nitrogen functional groups attached to an aromatic ring is 1. The van der Waals surface area contributed by atoms with Gasteiger partial charge in [-0.3, -0.25) is 19.7 Å². The molecule has 0 unspecified atom stereocenters. The number of non-ortho nitro benzene ring substituents is 1. The van der Waals surface area contributed by atoms with E-state index in [0.717, 1.165) is 11.3 Å². The van der Waals surface area contributed by atoms with Gasteiger partial charge >= 0.3 is 0 Å². The second-order valence-electron chi connectivity index (χ2n) is 6.96. The molecular formula is C19H18N6O5S. The summed E-state index contributed by atoms with van der Waals surface area (Å²) in [5.41, 5.74) is 12.4. The highest BCUT2D eigenvalue weighted by Crippen LogP contribution is 2.39. The van der Waals surface area contributed by atoms with Crippen LogP contribution in [-0.4, -0.2) is 39.7 Å². The molecule has 160 valence electrons. The molecule has 1 fully saturated rings. The van der Waals surface area contributed by atoms with Crippen LogP contribution in [0.2, 0.25) is 0 Å². The van der Waals surface area contributed by atoms with Crippen molar-refractivity contribution in [2.24, 2.45) is 5.73 Å². The summed E-state index contributed by atoms with van der Waals surface area (Å²) < 4.78 is 5.89. The summed E-state index contributed by atoms with van der Waals surface area (Å²) in [6, 6.07) is 5.93. The number of ketones is 1. The Bertz CT molecular complexity index is 1180. The molecule has 0 saturated carbocycles. The van der Waals surface area contributed by atoms with E-state index in [1.54, 1.807) is 12.1 Å². The van der Waals surface area contributed by atoms with Crippen molar-refractivity contribution in [3.63, 3.8) is 0 Å². The molecule has 1 aromatic carbocycles. The van der Waals surface area contributed by atoms with E-state index in [1.165, 1.54) is 12.1 Å². The lowest BCUT2D eigenvalue weighted by molar-refractivity contribution is -0.384. The van der Waals surface area contributed by atoms with Gasteiger partial charge in [0.15, 0.2) is 0 Å². The first-order chi connectivity index (χ1) is 14.8. The number of carbonyl (C=O) groups excluding carboxylic acids is 2.